The van der Waals surface area contributed by atoms with Gasteiger partial charge in [-0.15, -0.1) is 11.3 Å². The fraction of sp³-hybridized carbons (Fsp3) is 0.538. The number of likely N-dealkylation sites (tertiary alicyclic amines) is 1. The van der Waals surface area contributed by atoms with Gasteiger partial charge in [0.2, 0.25) is 0 Å². The SMILES string of the molecule is CCOC(=O)C1CCN(C(=O)c2cc(Cl)sc2Cl)CC1. The van der Waals surface area contributed by atoms with Gasteiger partial charge in [0.1, 0.15) is 4.34 Å². The zero-order valence-corrected chi connectivity index (χ0v) is 13.4. The van der Waals surface area contributed by atoms with Gasteiger partial charge in [-0.2, -0.15) is 0 Å². The highest BCUT2D eigenvalue weighted by atomic mass is 35.5. The standard InChI is InChI=1S/C13H15Cl2NO3S/c1-2-19-13(18)8-3-5-16(6-4-8)12(17)9-7-10(14)20-11(9)15/h7-8H,2-6H2,1H3. The van der Waals surface area contributed by atoms with E-state index < -0.39 is 0 Å². The van der Waals surface area contributed by atoms with Gasteiger partial charge in [0, 0.05) is 13.1 Å². The number of thiophene rings is 1. The molecule has 0 aliphatic carbocycles. The van der Waals surface area contributed by atoms with E-state index in [-0.39, 0.29) is 17.8 Å². The number of carbonyl (C=O) groups is 2. The van der Waals surface area contributed by atoms with Crippen molar-refractivity contribution in [3.8, 4) is 0 Å². The van der Waals surface area contributed by atoms with E-state index in [9.17, 15) is 9.59 Å². The summed E-state index contributed by atoms with van der Waals surface area (Å²) in [6.45, 7) is 3.25. The van der Waals surface area contributed by atoms with Gasteiger partial charge >= 0.3 is 5.97 Å². The van der Waals surface area contributed by atoms with Gasteiger partial charge in [-0.1, -0.05) is 23.2 Å². The maximum absolute atomic E-state index is 12.3. The van der Waals surface area contributed by atoms with Crippen molar-refractivity contribution in [2.75, 3.05) is 19.7 Å². The molecule has 1 aliphatic rings. The smallest absolute Gasteiger partial charge is 0.309 e. The summed E-state index contributed by atoms with van der Waals surface area (Å²) in [6, 6.07) is 1.59. The van der Waals surface area contributed by atoms with Crippen molar-refractivity contribution in [1.82, 2.24) is 4.90 Å². The van der Waals surface area contributed by atoms with Crippen molar-refractivity contribution in [3.63, 3.8) is 0 Å². The molecule has 0 aromatic carbocycles. The molecule has 7 heteroatoms. The van der Waals surface area contributed by atoms with Crippen LogP contribution < -0.4 is 0 Å². The van der Waals surface area contributed by atoms with E-state index in [4.69, 9.17) is 27.9 Å². The Kier molecular flexibility index (Phi) is 5.29. The summed E-state index contributed by atoms with van der Waals surface area (Å²) in [4.78, 5) is 25.7. The Labute approximate surface area is 131 Å². The minimum Gasteiger partial charge on any atom is -0.466 e. The lowest BCUT2D eigenvalue weighted by molar-refractivity contribution is -0.149. The van der Waals surface area contributed by atoms with Crippen LogP contribution in [0.4, 0.5) is 0 Å². The highest BCUT2D eigenvalue weighted by Gasteiger charge is 2.29. The number of amides is 1. The van der Waals surface area contributed by atoms with Crippen LogP contribution in [-0.2, 0) is 9.53 Å². The number of nitrogens with zero attached hydrogens (tertiary/aromatic N) is 1. The van der Waals surface area contributed by atoms with Crippen molar-refractivity contribution in [2.45, 2.75) is 19.8 Å². The summed E-state index contributed by atoms with van der Waals surface area (Å²) >= 11 is 13.0. The molecule has 0 bridgehead atoms. The van der Waals surface area contributed by atoms with Gasteiger partial charge in [0.15, 0.2) is 0 Å². The lowest BCUT2D eigenvalue weighted by Crippen LogP contribution is -2.40. The second-order valence-electron chi connectivity index (χ2n) is 4.56. The molecule has 0 N–H and O–H groups in total. The van der Waals surface area contributed by atoms with Crippen LogP contribution in [0.2, 0.25) is 8.67 Å². The Morgan fingerprint density at radius 2 is 2.05 bits per heavy atom. The van der Waals surface area contributed by atoms with Gasteiger partial charge in [0.05, 0.1) is 22.4 Å². The third-order valence-corrected chi connectivity index (χ3v) is 4.78. The molecule has 2 rings (SSSR count). The highest BCUT2D eigenvalue weighted by Crippen LogP contribution is 2.32. The van der Waals surface area contributed by atoms with E-state index in [0.29, 0.717) is 46.8 Å². The van der Waals surface area contributed by atoms with Crippen LogP contribution in [-0.4, -0.2) is 36.5 Å². The first-order chi connectivity index (χ1) is 9.52. The number of esters is 1. The fourth-order valence-corrected chi connectivity index (χ4v) is 3.68. The number of hydrogen-bond acceptors (Lipinski definition) is 4. The van der Waals surface area contributed by atoms with Crippen LogP contribution in [0.3, 0.4) is 0 Å². The van der Waals surface area contributed by atoms with Crippen molar-refractivity contribution in [1.29, 1.82) is 0 Å². The van der Waals surface area contributed by atoms with E-state index in [0.717, 1.165) is 0 Å². The third kappa shape index (κ3) is 3.45. The molecule has 1 aliphatic heterocycles. The van der Waals surface area contributed by atoms with Crippen molar-refractivity contribution in [3.05, 3.63) is 20.3 Å². The lowest BCUT2D eigenvalue weighted by Gasteiger charge is -2.30. The number of halogens is 2. The Hall–Kier alpha value is -0.780. The Balaban J connectivity index is 1.95. The normalized spacial score (nSPS) is 16.2. The van der Waals surface area contributed by atoms with Crippen LogP contribution in [0.15, 0.2) is 6.07 Å². The van der Waals surface area contributed by atoms with Crippen LogP contribution in [0.25, 0.3) is 0 Å². The number of rotatable bonds is 3. The van der Waals surface area contributed by atoms with Crippen LogP contribution in [0, 0.1) is 5.92 Å². The molecule has 1 saturated heterocycles. The number of carbonyl (C=O) groups excluding carboxylic acids is 2. The van der Waals surface area contributed by atoms with Gasteiger partial charge in [-0.25, -0.2) is 0 Å². The topological polar surface area (TPSA) is 46.6 Å². The van der Waals surface area contributed by atoms with Crippen LogP contribution in [0.5, 0.6) is 0 Å². The molecule has 0 atom stereocenters. The summed E-state index contributed by atoms with van der Waals surface area (Å²) in [5.41, 5.74) is 0.441. The number of hydrogen-bond donors (Lipinski definition) is 0. The molecule has 1 fully saturated rings. The maximum atomic E-state index is 12.3. The minimum atomic E-state index is -0.170. The van der Waals surface area contributed by atoms with E-state index in [1.54, 1.807) is 17.9 Å². The molecule has 1 aromatic rings. The zero-order chi connectivity index (χ0) is 14.7. The molecule has 4 nitrogen and oxygen atoms in total. The van der Waals surface area contributed by atoms with Crippen molar-refractivity contribution in [2.24, 2.45) is 5.92 Å². The van der Waals surface area contributed by atoms with Crippen molar-refractivity contribution >= 4 is 46.4 Å². The quantitative estimate of drug-likeness (QED) is 0.794. The van der Waals surface area contributed by atoms with Crippen LogP contribution >= 0.6 is 34.5 Å². The zero-order valence-electron chi connectivity index (χ0n) is 11.0. The first-order valence-electron chi connectivity index (χ1n) is 6.43. The predicted molar refractivity (Wildman–Crippen MR) is 79.6 cm³/mol. The maximum Gasteiger partial charge on any atom is 0.309 e. The van der Waals surface area contributed by atoms with Crippen LogP contribution in [0.1, 0.15) is 30.1 Å². The molecule has 0 spiro atoms. The summed E-state index contributed by atoms with van der Waals surface area (Å²) < 4.78 is 5.91. The molecular weight excluding hydrogens is 321 g/mol. The third-order valence-electron chi connectivity index (χ3n) is 3.29. The molecule has 2 heterocycles. The molecule has 0 radical (unpaired) electrons. The Morgan fingerprint density at radius 3 is 2.55 bits per heavy atom. The average Bonchev–Trinajstić information content (AvgIpc) is 2.77. The second-order valence-corrected chi connectivity index (χ2v) is 6.84. The largest absolute Gasteiger partial charge is 0.466 e. The molecule has 0 saturated carbocycles. The Bertz CT molecular complexity index is 510. The average molecular weight is 336 g/mol. The first kappa shape index (κ1) is 15.6. The highest BCUT2D eigenvalue weighted by molar-refractivity contribution is 7.20. The molecule has 110 valence electrons. The molecular formula is C13H15Cl2NO3S. The number of piperidine rings is 1. The van der Waals surface area contributed by atoms with Gasteiger partial charge in [0.25, 0.3) is 5.91 Å². The summed E-state index contributed by atoms with van der Waals surface area (Å²) in [5, 5.41) is 0. The van der Waals surface area contributed by atoms with E-state index in [1.165, 1.54) is 11.3 Å². The van der Waals surface area contributed by atoms with E-state index >= 15 is 0 Å². The summed E-state index contributed by atoms with van der Waals surface area (Å²) in [7, 11) is 0. The van der Waals surface area contributed by atoms with Gasteiger partial charge in [-0.05, 0) is 25.8 Å². The predicted octanol–water partition coefficient (Wildman–Crippen LogP) is 3.47. The van der Waals surface area contributed by atoms with Crippen molar-refractivity contribution < 1.29 is 14.3 Å². The lowest BCUT2D eigenvalue weighted by atomic mass is 9.96. The Morgan fingerprint density at radius 1 is 1.40 bits per heavy atom. The van der Waals surface area contributed by atoms with E-state index in [1.807, 2.05) is 0 Å². The fourth-order valence-electron chi connectivity index (χ4n) is 2.23. The summed E-state index contributed by atoms with van der Waals surface area (Å²) in [6.07, 6.45) is 1.25. The first-order valence-corrected chi connectivity index (χ1v) is 8.01. The van der Waals surface area contributed by atoms with Gasteiger partial charge < -0.3 is 9.64 Å². The van der Waals surface area contributed by atoms with Gasteiger partial charge in [-0.3, -0.25) is 9.59 Å². The molecule has 1 amide bonds. The summed E-state index contributed by atoms with van der Waals surface area (Å²) in [5.74, 6) is -0.405. The second kappa shape index (κ2) is 6.78. The van der Waals surface area contributed by atoms with E-state index in [2.05, 4.69) is 0 Å². The monoisotopic (exact) mass is 335 g/mol. The molecule has 0 unspecified atom stereocenters. The minimum absolute atomic E-state index is 0.111. The molecule has 20 heavy (non-hydrogen) atoms. The number of ether oxygens (including phenoxy) is 1. The molecule has 1 aromatic heterocycles.